The fourth-order valence-corrected chi connectivity index (χ4v) is 1.96. The molecule has 0 saturated heterocycles. The van der Waals surface area contributed by atoms with Gasteiger partial charge >= 0.3 is 0 Å². The quantitative estimate of drug-likeness (QED) is 0.821. The van der Waals surface area contributed by atoms with Crippen molar-refractivity contribution in [2.45, 2.75) is 32.4 Å². The van der Waals surface area contributed by atoms with E-state index >= 15 is 0 Å². The van der Waals surface area contributed by atoms with Gasteiger partial charge in [-0.1, -0.05) is 18.2 Å². The van der Waals surface area contributed by atoms with E-state index in [4.69, 9.17) is 10.5 Å². The highest BCUT2D eigenvalue weighted by Crippen LogP contribution is 2.22. The van der Waals surface area contributed by atoms with Gasteiger partial charge < -0.3 is 15.4 Å². The molecule has 0 heterocycles. The average Bonchev–Trinajstić information content (AvgIpc) is 2.28. The monoisotopic (exact) mass is 236 g/mol. The highest BCUT2D eigenvalue weighted by molar-refractivity contribution is 5.54. The van der Waals surface area contributed by atoms with E-state index in [2.05, 4.69) is 43.1 Å². The molecule has 3 heteroatoms. The number of likely N-dealkylation sites (N-methyl/N-ethyl adjacent to an activating group) is 1. The molecule has 1 aromatic carbocycles. The number of para-hydroxylation sites is 1. The average molecular weight is 236 g/mol. The van der Waals surface area contributed by atoms with Gasteiger partial charge in [-0.2, -0.15) is 0 Å². The van der Waals surface area contributed by atoms with Crippen LogP contribution in [0.5, 0.6) is 0 Å². The van der Waals surface area contributed by atoms with Gasteiger partial charge in [-0.25, -0.2) is 0 Å². The minimum atomic E-state index is 0.183. The van der Waals surface area contributed by atoms with Crippen molar-refractivity contribution in [1.82, 2.24) is 0 Å². The number of rotatable bonds is 6. The highest BCUT2D eigenvalue weighted by Gasteiger charge is 2.13. The van der Waals surface area contributed by atoms with Crippen molar-refractivity contribution in [2.24, 2.45) is 5.73 Å². The molecule has 2 atom stereocenters. The summed E-state index contributed by atoms with van der Waals surface area (Å²) in [6.07, 6.45) is 0.903. The molecule has 0 spiro atoms. The first kappa shape index (κ1) is 14.0. The summed E-state index contributed by atoms with van der Waals surface area (Å²) in [7, 11) is 3.84. The van der Waals surface area contributed by atoms with E-state index < -0.39 is 0 Å². The smallest absolute Gasteiger partial charge is 0.0663 e. The van der Waals surface area contributed by atoms with Gasteiger partial charge in [-0.3, -0.25) is 0 Å². The predicted molar refractivity (Wildman–Crippen MR) is 73.5 cm³/mol. The second-order valence-corrected chi connectivity index (χ2v) is 4.73. The van der Waals surface area contributed by atoms with Crippen LogP contribution in [0.4, 0.5) is 5.69 Å². The van der Waals surface area contributed by atoms with Gasteiger partial charge in [-0.05, 0) is 31.9 Å². The molecule has 2 unspecified atom stereocenters. The van der Waals surface area contributed by atoms with E-state index in [0.717, 1.165) is 13.0 Å². The van der Waals surface area contributed by atoms with E-state index in [1.807, 2.05) is 6.92 Å². The summed E-state index contributed by atoms with van der Waals surface area (Å²) < 4.78 is 5.20. The summed E-state index contributed by atoms with van der Waals surface area (Å²) in [6, 6.07) is 8.96. The molecular weight excluding hydrogens is 212 g/mol. The van der Waals surface area contributed by atoms with Crippen molar-refractivity contribution in [3.63, 3.8) is 0 Å². The zero-order valence-electron chi connectivity index (χ0n) is 11.3. The lowest BCUT2D eigenvalue weighted by Gasteiger charge is -2.29. The molecule has 17 heavy (non-hydrogen) atoms. The van der Waals surface area contributed by atoms with Crippen LogP contribution < -0.4 is 10.6 Å². The molecule has 3 nitrogen and oxygen atoms in total. The largest absolute Gasteiger partial charge is 0.383 e. The Morgan fingerprint density at radius 3 is 2.53 bits per heavy atom. The minimum Gasteiger partial charge on any atom is -0.383 e. The second kappa shape index (κ2) is 6.62. The van der Waals surface area contributed by atoms with Crippen LogP contribution in [0.25, 0.3) is 0 Å². The normalized spacial score (nSPS) is 14.4. The van der Waals surface area contributed by atoms with Crippen LogP contribution in [-0.2, 0) is 11.2 Å². The molecule has 96 valence electrons. The van der Waals surface area contributed by atoms with Gasteiger partial charge in [0.25, 0.3) is 0 Å². The van der Waals surface area contributed by atoms with Crippen molar-refractivity contribution in [3.8, 4) is 0 Å². The summed E-state index contributed by atoms with van der Waals surface area (Å²) in [4.78, 5) is 2.25. The van der Waals surface area contributed by atoms with Gasteiger partial charge in [0, 0.05) is 31.9 Å². The number of nitrogens with zero attached hydrogens (tertiary/aromatic N) is 1. The van der Waals surface area contributed by atoms with Crippen LogP contribution in [-0.4, -0.2) is 32.8 Å². The van der Waals surface area contributed by atoms with Crippen LogP contribution in [0.1, 0.15) is 19.4 Å². The highest BCUT2D eigenvalue weighted by atomic mass is 16.5. The molecule has 0 aliphatic rings. The minimum absolute atomic E-state index is 0.183. The van der Waals surface area contributed by atoms with Crippen LogP contribution in [0.2, 0.25) is 0 Å². The Morgan fingerprint density at radius 1 is 1.29 bits per heavy atom. The van der Waals surface area contributed by atoms with Crippen molar-refractivity contribution < 1.29 is 4.74 Å². The molecule has 1 aromatic rings. The van der Waals surface area contributed by atoms with E-state index in [9.17, 15) is 0 Å². The fourth-order valence-electron chi connectivity index (χ4n) is 1.96. The SMILES string of the molecule is COCC(C)N(C)c1ccccc1CC(C)N. The Kier molecular flexibility index (Phi) is 5.45. The molecule has 0 amide bonds. The Bertz CT molecular complexity index is 339. The van der Waals surface area contributed by atoms with Crippen molar-refractivity contribution in [2.75, 3.05) is 25.7 Å². The van der Waals surface area contributed by atoms with E-state index in [0.29, 0.717) is 6.04 Å². The lowest BCUT2D eigenvalue weighted by molar-refractivity contribution is 0.183. The predicted octanol–water partition coefficient (Wildman–Crippen LogP) is 2.05. The third-order valence-corrected chi connectivity index (χ3v) is 2.98. The summed E-state index contributed by atoms with van der Waals surface area (Å²) in [5.74, 6) is 0. The standard InChI is InChI=1S/C14H24N2O/c1-11(15)9-13-7-5-6-8-14(13)16(3)12(2)10-17-4/h5-8,11-12H,9-10,15H2,1-4H3. The third kappa shape index (κ3) is 4.02. The lowest BCUT2D eigenvalue weighted by Crippen LogP contribution is -2.33. The molecule has 2 N–H and O–H groups in total. The maximum Gasteiger partial charge on any atom is 0.0663 e. The van der Waals surface area contributed by atoms with Crippen molar-refractivity contribution in [3.05, 3.63) is 29.8 Å². The van der Waals surface area contributed by atoms with Gasteiger partial charge in [0.2, 0.25) is 0 Å². The molecule has 0 fully saturated rings. The number of nitrogens with two attached hydrogens (primary N) is 1. The number of hydrogen-bond donors (Lipinski definition) is 1. The fraction of sp³-hybridized carbons (Fsp3) is 0.571. The van der Waals surface area contributed by atoms with Crippen LogP contribution in [0.3, 0.4) is 0 Å². The Labute approximate surface area is 105 Å². The summed E-state index contributed by atoms with van der Waals surface area (Å²) in [5, 5.41) is 0. The first-order valence-corrected chi connectivity index (χ1v) is 6.11. The van der Waals surface area contributed by atoms with Gasteiger partial charge in [-0.15, -0.1) is 0 Å². The maximum absolute atomic E-state index is 5.89. The third-order valence-electron chi connectivity index (χ3n) is 2.98. The Hall–Kier alpha value is -1.06. The van der Waals surface area contributed by atoms with E-state index in [-0.39, 0.29) is 6.04 Å². The zero-order chi connectivity index (χ0) is 12.8. The van der Waals surface area contributed by atoms with Gasteiger partial charge in [0.15, 0.2) is 0 Å². The molecular formula is C14H24N2O. The molecule has 0 bridgehead atoms. The summed E-state index contributed by atoms with van der Waals surface area (Å²) in [5.41, 5.74) is 8.43. The molecule has 0 aliphatic heterocycles. The topological polar surface area (TPSA) is 38.5 Å². The number of ether oxygens (including phenoxy) is 1. The second-order valence-electron chi connectivity index (χ2n) is 4.73. The van der Waals surface area contributed by atoms with Crippen LogP contribution in [0.15, 0.2) is 24.3 Å². The molecule has 0 aliphatic carbocycles. The molecule has 0 radical (unpaired) electrons. The Morgan fingerprint density at radius 2 is 1.94 bits per heavy atom. The van der Waals surface area contributed by atoms with Gasteiger partial charge in [0.05, 0.1) is 6.61 Å². The number of hydrogen-bond acceptors (Lipinski definition) is 3. The van der Waals surface area contributed by atoms with E-state index in [1.165, 1.54) is 11.3 Å². The zero-order valence-corrected chi connectivity index (χ0v) is 11.3. The molecule has 0 saturated carbocycles. The van der Waals surface area contributed by atoms with Gasteiger partial charge in [0.1, 0.15) is 0 Å². The van der Waals surface area contributed by atoms with Crippen LogP contribution in [0, 0.1) is 0 Å². The molecule has 1 rings (SSSR count). The number of methoxy groups -OCH3 is 1. The van der Waals surface area contributed by atoms with Crippen molar-refractivity contribution in [1.29, 1.82) is 0 Å². The van der Waals surface area contributed by atoms with Crippen LogP contribution >= 0.6 is 0 Å². The summed E-state index contributed by atoms with van der Waals surface area (Å²) in [6.45, 7) is 4.92. The number of benzene rings is 1. The maximum atomic E-state index is 5.89. The lowest BCUT2D eigenvalue weighted by atomic mass is 10.0. The first-order chi connectivity index (χ1) is 8.06. The van der Waals surface area contributed by atoms with Crippen molar-refractivity contribution >= 4 is 5.69 Å². The first-order valence-electron chi connectivity index (χ1n) is 6.11. The Balaban J connectivity index is 2.88. The molecule has 0 aromatic heterocycles. The van der Waals surface area contributed by atoms with E-state index in [1.54, 1.807) is 7.11 Å². The summed E-state index contributed by atoms with van der Waals surface area (Å²) >= 11 is 0. The number of anilines is 1.